The zero-order valence-electron chi connectivity index (χ0n) is 15.4. The number of carbonyl (C=O) groups is 2. The summed E-state index contributed by atoms with van der Waals surface area (Å²) < 4.78 is 22.0. The third-order valence-electron chi connectivity index (χ3n) is 3.58. The minimum Gasteiger partial charge on any atom is -0.324 e. The Bertz CT molecular complexity index is 486. The van der Waals surface area contributed by atoms with E-state index in [1.165, 1.54) is 4.90 Å². The van der Waals surface area contributed by atoms with Gasteiger partial charge in [0.2, 0.25) is 0 Å². The summed E-state index contributed by atoms with van der Waals surface area (Å²) in [4.78, 5) is 34.5. The van der Waals surface area contributed by atoms with Gasteiger partial charge in [0.05, 0.1) is 19.4 Å². The summed E-state index contributed by atoms with van der Waals surface area (Å²) in [5, 5.41) is 2.64. The first-order chi connectivity index (χ1) is 11.8. The van der Waals surface area contributed by atoms with E-state index in [1.54, 1.807) is 27.7 Å². The second-order valence-corrected chi connectivity index (χ2v) is 8.19. The second kappa shape index (κ2) is 10.2. The average Bonchev–Trinajstić information content (AvgIpc) is 2.75. The molecule has 146 valence electrons. The van der Waals surface area contributed by atoms with E-state index < -0.39 is 13.1 Å². The fourth-order valence-corrected chi connectivity index (χ4v) is 3.62. The van der Waals surface area contributed by atoms with Crippen LogP contribution in [0.4, 0.5) is 4.79 Å². The van der Waals surface area contributed by atoms with Crippen LogP contribution < -0.4 is 5.32 Å². The van der Waals surface area contributed by atoms with Crippen molar-refractivity contribution in [3.05, 3.63) is 0 Å². The van der Waals surface area contributed by atoms with Crippen molar-refractivity contribution in [1.29, 1.82) is 0 Å². The second-order valence-electron chi connectivity index (χ2n) is 6.22. The summed E-state index contributed by atoms with van der Waals surface area (Å²) in [7, 11) is -3.43. The Morgan fingerprint density at radius 3 is 2.04 bits per heavy atom. The van der Waals surface area contributed by atoms with E-state index in [-0.39, 0.29) is 31.3 Å². The van der Waals surface area contributed by atoms with Crippen molar-refractivity contribution in [3.8, 4) is 0 Å². The number of carbonyl (C=O) groups excluding carboxylic acids is 2. The molecule has 0 aromatic rings. The molecule has 1 aliphatic heterocycles. The molecule has 0 spiro atoms. The number of rotatable bonds is 13. The summed E-state index contributed by atoms with van der Waals surface area (Å²) in [5.74, 6) is -0.211. The number of imide groups is 1. The van der Waals surface area contributed by atoms with E-state index in [9.17, 15) is 14.2 Å². The molecule has 3 amide bonds. The number of nitrogens with one attached hydrogen (secondary N) is 1. The SMILES string of the molecule is CCOOP(=O)(CCCCCCN1C(=O)NC(C)(C)C1=O)OOCC. The number of nitrogens with zero attached hydrogens (tertiary/aromatic N) is 1. The molecule has 0 aromatic carbocycles. The van der Waals surface area contributed by atoms with Crippen LogP contribution in [0.1, 0.15) is 53.4 Å². The van der Waals surface area contributed by atoms with Gasteiger partial charge < -0.3 is 5.32 Å². The zero-order chi connectivity index (χ0) is 18.9. The van der Waals surface area contributed by atoms with Crippen LogP contribution >= 0.6 is 7.60 Å². The molecule has 0 bridgehead atoms. The normalized spacial score (nSPS) is 17.2. The van der Waals surface area contributed by atoms with Crippen LogP contribution in [0, 0.1) is 0 Å². The molecule has 1 heterocycles. The van der Waals surface area contributed by atoms with Crippen LogP contribution in [-0.2, 0) is 28.5 Å². The summed E-state index contributed by atoms with van der Waals surface area (Å²) in [6.07, 6.45) is 2.97. The van der Waals surface area contributed by atoms with Crippen molar-refractivity contribution in [2.24, 2.45) is 0 Å². The van der Waals surface area contributed by atoms with Gasteiger partial charge in [0.1, 0.15) is 5.54 Å². The molecule has 1 aliphatic rings. The first-order valence-corrected chi connectivity index (χ1v) is 10.3. The molecule has 25 heavy (non-hydrogen) atoms. The first-order valence-electron chi connectivity index (χ1n) is 8.61. The Labute approximate surface area is 148 Å². The molecule has 0 unspecified atom stereocenters. The van der Waals surface area contributed by atoms with Crippen molar-refractivity contribution in [2.75, 3.05) is 25.9 Å². The lowest BCUT2D eigenvalue weighted by molar-refractivity contribution is -0.263. The van der Waals surface area contributed by atoms with E-state index in [2.05, 4.69) is 5.32 Å². The highest BCUT2D eigenvalue weighted by Gasteiger charge is 2.43. The lowest BCUT2D eigenvalue weighted by atomic mass is 10.1. The summed E-state index contributed by atoms with van der Waals surface area (Å²) in [5.41, 5.74) is -0.836. The molecule has 0 aromatic heterocycles. The van der Waals surface area contributed by atoms with Gasteiger partial charge in [-0.05, 0) is 40.5 Å². The molecule has 1 rings (SSSR count). The van der Waals surface area contributed by atoms with Crippen molar-refractivity contribution in [1.82, 2.24) is 10.2 Å². The lowest BCUT2D eigenvalue weighted by Crippen LogP contribution is -2.40. The third kappa shape index (κ3) is 7.03. The highest BCUT2D eigenvalue weighted by atomic mass is 31.2. The van der Waals surface area contributed by atoms with E-state index in [0.717, 1.165) is 12.8 Å². The fourth-order valence-electron chi connectivity index (χ4n) is 2.30. The van der Waals surface area contributed by atoms with E-state index in [0.29, 0.717) is 19.4 Å². The Hall–Kier alpha value is -0.990. The van der Waals surface area contributed by atoms with Crippen molar-refractivity contribution in [2.45, 2.75) is 58.9 Å². The highest BCUT2D eigenvalue weighted by Crippen LogP contribution is 2.49. The van der Waals surface area contributed by atoms with Gasteiger partial charge >= 0.3 is 13.6 Å². The summed E-state index contributed by atoms with van der Waals surface area (Å²) >= 11 is 0. The predicted octanol–water partition coefficient (Wildman–Crippen LogP) is 3.01. The average molecular weight is 380 g/mol. The number of unbranched alkanes of at least 4 members (excludes halogenated alkanes) is 3. The Balaban J connectivity index is 2.27. The molecule has 1 N–H and O–H groups in total. The van der Waals surface area contributed by atoms with Gasteiger partial charge in [-0.15, -0.1) is 9.35 Å². The largest absolute Gasteiger partial charge is 0.384 e. The summed E-state index contributed by atoms with van der Waals surface area (Å²) in [6.45, 7) is 7.66. The number of urea groups is 1. The third-order valence-corrected chi connectivity index (χ3v) is 5.11. The molecule has 1 saturated heterocycles. The molecule has 10 heteroatoms. The Morgan fingerprint density at radius 2 is 1.56 bits per heavy atom. The van der Waals surface area contributed by atoms with Crippen LogP contribution in [-0.4, -0.2) is 48.3 Å². The lowest BCUT2D eigenvalue weighted by Gasteiger charge is -2.16. The molecular weight excluding hydrogens is 351 g/mol. The van der Waals surface area contributed by atoms with Crippen molar-refractivity contribution >= 4 is 19.5 Å². The van der Waals surface area contributed by atoms with E-state index >= 15 is 0 Å². The molecule has 9 nitrogen and oxygen atoms in total. The van der Waals surface area contributed by atoms with Gasteiger partial charge in [-0.1, -0.05) is 12.8 Å². The topological polar surface area (TPSA) is 103 Å². The number of hydrogen-bond donors (Lipinski definition) is 1. The molecule has 1 fully saturated rings. The molecular formula is C15H29N2O7P. The standard InChI is InChI=1S/C15H29N2O7P/c1-5-21-23-25(20,24-22-6-2)12-10-8-7-9-11-17-13(18)15(3,4)16-14(17)19/h5-12H2,1-4H3,(H,16,19). The molecule has 0 aliphatic carbocycles. The molecule has 0 radical (unpaired) electrons. The van der Waals surface area contributed by atoms with Gasteiger partial charge in [0.15, 0.2) is 0 Å². The van der Waals surface area contributed by atoms with Gasteiger partial charge in [-0.25, -0.2) is 14.6 Å². The Kier molecular flexibility index (Phi) is 9.02. The van der Waals surface area contributed by atoms with Crippen molar-refractivity contribution in [3.63, 3.8) is 0 Å². The number of hydrogen-bond acceptors (Lipinski definition) is 7. The number of amides is 3. The maximum absolute atomic E-state index is 12.3. The van der Waals surface area contributed by atoms with E-state index in [1.807, 2.05) is 0 Å². The van der Waals surface area contributed by atoms with Crippen LogP contribution in [0.25, 0.3) is 0 Å². The quantitative estimate of drug-likeness (QED) is 0.172. The summed E-state index contributed by atoms with van der Waals surface area (Å²) in [6, 6.07) is -0.352. The maximum Gasteiger partial charge on any atom is 0.384 e. The fraction of sp³-hybridized carbons (Fsp3) is 0.867. The van der Waals surface area contributed by atoms with Gasteiger partial charge in [0, 0.05) is 6.54 Å². The Morgan fingerprint density at radius 1 is 1.00 bits per heavy atom. The van der Waals surface area contributed by atoms with Gasteiger partial charge in [-0.2, -0.15) is 0 Å². The van der Waals surface area contributed by atoms with Crippen LogP contribution in [0.2, 0.25) is 0 Å². The maximum atomic E-state index is 12.3. The zero-order valence-corrected chi connectivity index (χ0v) is 16.3. The highest BCUT2D eigenvalue weighted by molar-refractivity contribution is 7.53. The first kappa shape index (κ1) is 22.1. The van der Waals surface area contributed by atoms with Crippen LogP contribution in [0.15, 0.2) is 0 Å². The minimum absolute atomic E-state index is 0.170. The van der Waals surface area contributed by atoms with Gasteiger partial charge in [-0.3, -0.25) is 14.3 Å². The molecule has 0 saturated carbocycles. The monoisotopic (exact) mass is 380 g/mol. The molecule has 0 atom stereocenters. The van der Waals surface area contributed by atoms with Crippen molar-refractivity contribution < 1.29 is 33.3 Å². The predicted molar refractivity (Wildman–Crippen MR) is 90.7 cm³/mol. The van der Waals surface area contributed by atoms with Crippen LogP contribution in [0.3, 0.4) is 0 Å². The smallest absolute Gasteiger partial charge is 0.324 e. The van der Waals surface area contributed by atoms with Gasteiger partial charge in [0.25, 0.3) is 5.91 Å². The van der Waals surface area contributed by atoms with E-state index in [4.69, 9.17) is 19.1 Å². The minimum atomic E-state index is -3.43. The van der Waals surface area contributed by atoms with Crippen LogP contribution in [0.5, 0.6) is 0 Å².